The monoisotopic (exact) mass is 684 g/mol. The number of aryl methyl sites for hydroxylation is 3. The second kappa shape index (κ2) is 14.4. The van der Waals surface area contributed by atoms with Crippen molar-refractivity contribution in [3.05, 3.63) is 195 Å². The Kier molecular flexibility index (Phi) is 9.21. The number of nitrogens with zero attached hydrogens (tertiary/aromatic N) is 1. The van der Waals surface area contributed by atoms with E-state index in [0.29, 0.717) is 0 Å². The van der Waals surface area contributed by atoms with Crippen LogP contribution in [-0.4, -0.2) is 4.98 Å². The lowest BCUT2D eigenvalue weighted by molar-refractivity contribution is 0.960. The Balaban J connectivity index is 1.05. The summed E-state index contributed by atoms with van der Waals surface area (Å²) in [6.45, 7) is 13.2. The molecule has 1 aliphatic heterocycles. The van der Waals surface area contributed by atoms with E-state index in [4.69, 9.17) is 4.98 Å². The first-order valence-corrected chi connectivity index (χ1v) is 18.5. The van der Waals surface area contributed by atoms with Gasteiger partial charge in [-0.3, -0.25) is 0 Å². The molecule has 1 N–H and O–H groups in total. The summed E-state index contributed by atoms with van der Waals surface area (Å²) in [5.41, 5.74) is 15.5. The normalized spacial score (nSPS) is 14.6. The van der Waals surface area contributed by atoms with Crippen molar-refractivity contribution in [2.45, 2.75) is 40.2 Å². The average Bonchev–Trinajstić information content (AvgIpc) is 3.18. The standard InChI is InChI=1S/C51H44N2/c1-33-13-6-8-17-44(33)48-31-28-41-25-23-38(36(4)50(41)52-48)15-12-16-40-27-30-43(47-20-11-10-19-46(40)47)35(3)21-22-39-24-26-42-29-32-49(53-51(42)37(39)5)45-18-9-7-14-34(45)2/h6-15,17-32,49,53H,5,16H2,1-4H3/b15-12-,35-21+,39-22-. The smallest absolute Gasteiger partial charge is 0.0744 e. The number of aromatic nitrogens is 1. The Morgan fingerprint density at radius 2 is 1.53 bits per heavy atom. The van der Waals surface area contributed by atoms with Gasteiger partial charge in [-0.2, -0.15) is 0 Å². The minimum Gasteiger partial charge on any atom is -0.374 e. The Bertz CT molecular complexity index is 2740. The van der Waals surface area contributed by atoms with Crippen molar-refractivity contribution in [1.29, 1.82) is 0 Å². The van der Waals surface area contributed by atoms with E-state index in [1.54, 1.807) is 0 Å². The molecule has 53 heavy (non-hydrogen) atoms. The van der Waals surface area contributed by atoms with Crippen LogP contribution in [0.4, 0.5) is 5.69 Å². The summed E-state index contributed by atoms with van der Waals surface area (Å²) < 4.78 is 0. The predicted molar refractivity (Wildman–Crippen MR) is 229 cm³/mol. The molecule has 1 aliphatic rings. The molecule has 0 aliphatic carbocycles. The van der Waals surface area contributed by atoms with E-state index in [-0.39, 0.29) is 6.04 Å². The van der Waals surface area contributed by atoms with Gasteiger partial charge in [-0.05, 0) is 111 Å². The van der Waals surface area contributed by atoms with Crippen molar-refractivity contribution in [2.24, 2.45) is 0 Å². The van der Waals surface area contributed by atoms with Crippen LogP contribution in [0, 0.1) is 20.8 Å². The first-order valence-electron chi connectivity index (χ1n) is 18.5. The SMILES string of the molecule is C=c1c2c(cc/c1=C/C=C(\C)c1ccc(C/C=C\c3ccc4ccc(-c5ccccc5C)nc4c3C)c3ccccc13)C=CC(c1ccccc1C)N2. The Morgan fingerprint density at radius 1 is 0.774 bits per heavy atom. The van der Waals surface area contributed by atoms with Crippen LogP contribution in [0.15, 0.2) is 140 Å². The molecule has 6 aromatic carbocycles. The molecule has 0 spiro atoms. The number of nitrogens with one attached hydrogen (secondary N) is 1. The molecule has 0 amide bonds. The summed E-state index contributed by atoms with van der Waals surface area (Å²) in [7, 11) is 0. The van der Waals surface area contributed by atoms with Gasteiger partial charge in [-0.1, -0.05) is 158 Å². The maximum atomic E-state index is 5.12. The van der Waals surface area contributed by atoms with Crippen molar-refractivity contribution in [3.8, 4) is 11.3 Å². The van der Waals surface area contributed by atoms with Gasteiger partial charge in [0, 0.05) is 16.6 Å². The highest BCUT2D eigenvalue weighted by Gasteiger charge is 2.17. The molecule has 1 atom stereocenters. The van der Waals surface area contributed by atoms with Gasteiger partial charge in [0.25, 0.3) is 0 Å². The molecule has 0 radical (unpaired) electrons. The Hall–Kier alpha value is -6.25. The summed E-state index contributed by atoms with van der Waals surface area (Å²) in [5.74, 6) is 0. The van der Waals surface area contributed by atoms with Gasteiger partial charge in [0.1, 0.15) is 0 Å². The molecule has 0 saturated heterocycles. The average molecular weight is 685 g/mol. The highest BCUT2D eigenvalue weighted by Crippen LogP contribution is 2.31. The number of benzene rings is 6. The lowest BCUT2D eigenvalue weighted by Gasteiger charge is -2.24. The zero-order chi connectivity index (χ0) is 36.5. The zero-order valence-electron chi connectivity index (χ0n) is 30.9. The van der Waals surface area contributed by atoms with Crippen LogP contribution in [0.1, 0.15) is 57.5 Å². The van der Waals surface area contributed by atoms with Crippen LogP contribution >= 0.6 is 0 Å². The molecule has 0 fully saturated rings. The van der Waals surface area contributed by atoms with E-state index in [0.717, 1.165) is 39.1 Å². The minimum atomic E-state index is 0.127. The highest BCUT2D eigenvalue weighted by atomic mass is 14.9. The van der Waals surface area contributed by atoms with E-state index in [1.165, 1.54) is 66.4 Å². The van der Waals surface area contributed by atoms with Gasteiger partial charge >= 0.3 is 0 Å². The van der Waals surface area contributed by atoms with Gasteiger partial charge in [-0.15, -0.1) is 0 Å². The molecular formula is C51H44N2. The molecular weight excluding hydrogens is 641 g/mol. The van der Waals surface area contributed by atoms with Crippen LogP contribution in [0.25, 0.3) is 63.3 Å². The number of anilines is 1. The number of pyridine rings is 1. The maximum Gasteiger partial charge on any atom is 0.0744 e. The first-order chi connectivity index (χ1) is 25.9. The Labute approximate surface area is 312 Å². The van der Waals surface area contributed by atoms with Crippen LogP contribution in [-0.2, 0) is 6.42 Å². The molecule has 258 valence electrons. The first kappa shape index (κ1) is 33.9. The van der Waals surface area contributed by atoms with Crippen molar-refractivity contribution < 1.29 is 0 Å². The number of rotatable bonds is 7. The number of hydrogen-bond donors (Lipinski definition) is 1. The third-order valence-electron chi connectivity index (χ3n) is 10.8. The largest absolute Gasteiger partial charge is 0.374 e. The fourth-order valence-corrected chi connectivity index (χ4v) is 7.71. The summed E-state index contributed by atoms with van der Waals surface area (Å²) >= 11 is 0. The third kappa shape index (κ3) is 6.65. The molecule has 0 bridgehead atoms. The quantitative estimate of drug-likeness (QED) is 0.181. The van der Waals surface area contributed by atoms with Gasteiger partial charge in [0.15, 0.2) is 0 Å². The third-order valence-corrected chi connectivity index (χ3v) is 10.8. The lowest BCUT2D eigenvalue weighted by Crippen LogP contribution is -2.29. The topological polar surface area (TPSA) is 24.9 Å². The molecule has 7 aromatic rings. The summed E-state index contributed by atoms with van der Waals surface area (Å²) in [6, 6.07) is 43.6. The van der Waals surface area contributed by atoms with Crippen molar-refractivity contribution in [2.75, 3.05) is 5.32 Å². The summed E-state index contributed by atoms with van der Waals surface area (Å²) in [4.78, 5) is 5.12. The fraction of sp³-hybridized carbons (Fsp3) is 0.118. The number of hydrogen-bond acceptors (Lipinski definition) is 2. The van der Waals surface area contributed by atoms with E-state index >= 15 is 0 Å². The van der Waals surface area contributed by atoms with Crippen LogP contribution in [0.5, 0.6) is 0 Å². The second-order valence-corrected chi connectivity index (χ2v) is 14.2. The van der Waals surface area contributed by atoms with Crippen LogP contribution < -0.4 is 15.8 Å². The van der Waals surface area contributed by atoms with Gasteiger partial charge in [0.05, 0.1) is 17.3 Å². The zero-order valence-corrected chi connectivity index (χ0v) is 30.9. The maximum absolute atomic E-state index is 5.12. The van der Waals surface area contributed by atoms with E-state index in [2.05, 4.69) is 197 Å². The highest BCUT2D eigenvalue weighted by molar-refractivity contribution is 5.96. The number of allylic oxidation sites excluding steroid dienone is 3. The molecule has 2 heteroatoms. The molecule has 2 nitrogen and oxygen atoms in total. The van der Waals surface area contributed by atoms with Gasteiger partial charge in [-0.25, -0.2) is 4.98 Å². The van der Waals surface area contributed by atoms with E-state index in [1.807, 2.05) is 0 Å². The van der Waals surface area contributed by atoms with Gasteiger partial charge < -0.3 is 5.32 Å². The lowest BCUT2D eigenvalue weighted by atomic mass is 9.93. The summed E-state index contributed by atoms with van der Waals surface area (Å²) in [5, 5.41) is 9.61. The molecule has 1 aromatic heterocycles. The summed E-state index contributed by atoms with van der Waals surface area (Å²) in [6.07, 6.45) is 14.3. The minimum absolute atomic E-state index is 0.127. The van der Waals surface area contributed by atoms with E-state index < -0.39 is 0 Å². The van der Waals surface area contributed by atoms with E-state index in [9.17, 15) is 0 Å². The molecule has 0 saturated carbocycles. The fourth-order valence-electron chi connectivity index (χ4n) is 7.71. The Morgan fingerprint density at radius 3 is 2.36 bits per heavy atom. The van der Waals surface area contributed by atoms with Crippen molar-refractivity contribution >= 4 is 57.7 Å². The predicted octanol–water partition coefficient (Wildman–Crippen LogP) is 11.7. The van der Waals surface area contributed by atoms with Gasteiger partial charge in [0.2, 0.25) is 0 Å². The molecule has 2 heterocycles. The van der Waals surface area contributed by atoms with Crippen LogP contribution in [0.2, 0.25) is 0 Å². The molecule has 1 unspecified atom stereocenters. The van der Waals surface area contributed by atoms with Crippen molar-refractivity contribution in [1.82, 2.24) is 4.98 Å². The van der Waals surface area contributed by atoms with Crippen LogP contribution in [0.3, 0.4) is 0 Å². The number of fused-ring (bicyclic) bond motifs is 3. The van der Waals surface area contributed by atoms with Crippen molar-refractivity contribution in [3.63, 3.8) is 0 Å². The molecule has 8 rings (SSSR count). The second-order valence-electron chi connectivity index (χ2n) is 14.2.